The number of nitrogens with zero attached hydrogens (tertiary/aromatic N) is 5. The van der Waals surface area contributed by atoms with Crippen LogP contribution in [0.5, 0.6) is 5.75 Å². The number of nitrogens with two attached hydrogens (primary N) is 1. The summed E-state index contributed by atoms with van der Waals surface area (Å²) in [4.78, 5) is 23.9. The molecule has 0 saturated heterocycles. The minimum atomic E-state index is -1.32. The number of hydrazone groups is 1. The summed E-state index contributed by atoms with van der Waals surface area (Å²) >= 11 is 1.39. The van der Waals surface area contributed by atoms with E-state index in [9.17, 15) is 14.7 Å². The highest BCUT2D eigenvalue weighted by molar-refractivity contribution is 7.13. The molecule has 0 unspecified atom stereocenters. The smallest absolute Gasteiger partial charge is 0.377 e. The van der Waals surface area contributed by atoms with Crippen LogP contribution in [0, 0.1) is 0 Å². The number of thiophene rings is 1. The number of rotatable bonds is 8. The molecule has 0 atom stereocenters. The van der Waals surface area contributed by atoms with Gasteiger partial charge in [0.15, 0.2) is 5.69 Å². The lowest BCUT2D eigenvalue weighted by Crippen LogP contribution is -2.36. The molecule has 1 amide bonds. The average Bonchev–Trinajstić information content (AvgIpc) is 3.53. The maximum absolute atomic E-state index is 12.7. The molecule has 0 aliphatic rings. The second-order valence-electron chi connectivity index (χ2n) is 6.12. The highest BCUT2D eigenvalue weighted by Gasteiger charge is 2.31. The minimum absolute atomic E-state index is 0.0217. The Morgan fingerprint density at radius 1 is 1.31 bits per heavy atom. The first-order valence-electron chi connectivity index (χ1n) is 8.91. The van der Waals surface area contributed by atoms with Crippen molar-refractivity contribution in [2.45, 2.75) is 0 Å². The Bertz CT molecular complexity index is 1260. The molecule has 0 radical (unpaired) electrons. The highest BCUT2D eigenvalue weighted by atomic mass is 32.1. The van der Waals surface area contributed by atoms with Crippen LogP contribution in [0.15, 0.2) is 51.5 Å². The zero-order valence-electron chi connectivity index (χ0n) is 16.1. The maximum atomic E-state index is 12.7. The summed E-state index contributed by atoms with van der Waals surface area (Å²) in [5.41, 5.74) is 9.28. The molecule has 162 valence electrons. The van der Waals surface area contributed by atoms with Gasteiger partial charge in [0.2, 0.25) is 0 Å². The van der Waals surface area contributed by atoms with E-state index in [1.807, 2.05) is 11.4 Å². The molecule has 14 heteroatoms. The molecule has 3 heterocycles. The van der Waals surface area contributed by atoms with Gasteiger partial charge in [-0.3, -0.25) is 4.79 Å². The van der Waals surface area contributed by atoms with Crippen molar-refractivity contribution in [2.75, 3.05) is 12.3 Å². The molecule has 0 spiro atoms. The van der Waals surface area contributed by atoms with Crippen molar-refractivity contribution in [3.8, 4) is 22.1 Å². The number of carboxylic acid groups (broad SMARTS) is 1. The normalized spacial score (nSPS) is 11.0. The Morgan fingerprint density at radius 2 is 2.12 bits per heavy atom. The van der Waals surface area contributed by atoms with E-state index in [1.54, 1.807) is 30.3 Å². The van der Waals surface area contributed by atoms with Crippen molar-refractivity contribution >= 4 is 35.2 Å². The molecule has 13 nitrogen and oxygen atoms in total. The third-order valence-electron chi connectivity index (χ3n) is 4.00. The predicted molar refractivity (Wildman–Crippen MR) is 108 cm³/mol. The standard InChI is InChI=1S/C18H14N8O5S/c19-16-17(24-31-23-16)26-15(12-2-1-7-32-12)14(21-25-26)18(29)22-20-8-10-3-5-11(6-4-10)30-9-13(27)28/h1-8H,9H2,(H4,19,22,23,27,28,29). The van der Waals surface area contributed by atoms with Gasteiger partial charge in [-0.25, -0.2) is 5.43 Å². The monoisotopic (exact) mass is 454 g/mol. The van der Waals surface area contributed by atoms with Crippen LogP contribution in [-0.4, -0.2) is 45.3 Å². The number of nitrogen functional groups attached to an aromatic ring is 1. The van der Waals surface area contributed by atoms with Crippen LogP contribution in [0.25, 0.3) is 16.4 Å². The van der Waals surface area contributed by atoms with Gasteiger partial charge in [-0.1, -0.05) is 6.07 Å². The fourth-order valence-corrected chi connectivity index (χ4v) is 3.38. The van der Waals surface area contributed by atoms with Crippen molar-refractivity contribution in [3.63, 3.8) is 0 Å². The van der Waals surface area contributed by atoms with Gasteiger partial charge in [0.05, 0.1) is 17.1 Å². The molecule has 32 heavy (non-hydrogen) atoms. The SMILES string of the molecule is Nc1nonc1-[n+]1[nH]nc(C(=O)NN=Cc2ccc(OCC(=O)[O-])cc2)c1-c1cccs1. The fourth-order valence-electron chi connectivity index (χ4n) is 2.62. The number of anilines is 1. The number of hydrogen-bond donors (Lipinski definition) is 3. The van der Waals surface area contributed by atoms with Gasteiger partial charge in [0.25, 0.3) is 11.5 Å². The number of aromatic amines is 1. The lowest BCUT2D eigenvalue weighted by molar-refractivity contribution is -0.652. The number of ether oxygens (including phenoxy) is 1. The van der Waals surface area contributed by atoms with E-state index in [0.29, 0.717) is 17.0 Å². The zero-order chi connectivity index (χ0) is 22.5. The molecule has 0 fully saturated rings. The first-order chi connectivity index (χ1) is 15.5. The number of carboxylic acids is 1. The molecule has 1 aromatic carbocycles. The van der Waals surface area contributed by atoms with E-state index in [-0.39, 0.29) is 17.3 Å². The molecule has 0 aliphatic heterocycles. The first kappa shape index (κ1) is 20.7. The largest absolute Gasteiger partial charge is 0.546 e. The van der Waals surface area contributed by atoms with Crippen LogP contribution < -0.4 is 25.7 Å². The Kier molecular flexibility index (Phi) is 5.85. The maximum Gasteiger partial charge on any atom is 0.377 e. The number of aromatic nitrogens is 5. The van der Waals surface area contributed by atoms with Gasteiger partial charge in [-0.15, -0.1) is 21.2 Å². The van der Waals surface area contributed by atoms with Crippen LogP contribution in [0.2, 0.25) is 0 Å². The lowest BCUT2D eigenvalue weighted by Gasteiger charge is -2.06. The average molecular weight is 454 g/mol. The van der Waals surface area contributed by atoms with Gasteiger partial charge in [-0.05, 0) is 51.5 Å². The summed E-state index contributed by atoms with van der Waals surface area (Å²) in [5.74, 6) is -1.36. The van der Waals surface area contributed by atoms with E-state index in [0.717, 1.165) is 4.88 Å². The van der Waals surface area contributed by atoms with Crippen LogP contribution in [0.1, 0.15) is 16.1 Å². The predicted octanol–water partition coefficient (Wildman–Crippen LogP) is -0.727. The number of carbonyl (C=O) groups is 2. The summed E-state index contributed by atoms with van der Waals surface area (Å²) in [7, 11) is 0. The summed E-state index contributed by atoms with van der Waals surface area (Å²) in [6.45, 7) is -0.546. The third-order valence-corrected chi connectivity index (χ3v) is 4.88. The second kappa shape index (κ2) is 9.05. The van der Waals surface area contributed by atoms with Crippen LogP contribution in [0.3, 0.4) is 0 Å². The number of H-pyrrole nitrogens is 1. The van der Waals surface area contributed by atoms with E-state index in [4.69, 9.17) is 10.5 Å². The van der Waals surface area contributed by atoms with Crippen LogP contribution in [0.4, 0.5) is 5.82 Å². The van der Waals surface area contributed by atoms with Crippen molar-refractivity contribution in [2.24, 2.45) is 5.10 Å². The van der Waals surface area contributed by atoms with Gasteiger partial charge >= 0.3 is 11.7 Å². The molecule has 3 aromatic heterocycles. The number of amides is 1. The number of carbonyl (C=O) groups excluding carboxylic acids is 2. The molecule has 0 saturated carbocycles. The van der Waals surface area contributed by atoms with E-state index >= 15 is 0 Å². The van der Waals surface area contributed by atoms with Crippen LogP contribution in [-0.2, 0) is 4.79 Å². The number of benzene rings is 1. The number of aliphatic carboxylic acids is 1. The summed E-state index contributed by atoms with van der Waals surface area (Å²) in [5, 5.41) is 30.2. The molecule has 4 rings (SSSR count). The summed E-state index contributed by atoms with van der Waals surface area (Å²) in [6, 6.07) is 10.0. The third kappa shape index (κ3) is 4.44. The van der Waals surface area contributed by atoms with Crippen molar-refractivity contribution in [1.82, 2.24) is 26.1 Å². The molecule has 0 bridgehead atoms. The number of nitrogens with one attached hydrogen (secondary N) is 2. The minimum Gasteiger partial charge on any atom is -0.546 e. The molecule has 4 N–H and O–H groups in total. The molecular formula is C18H14N8O5S. The Morgan fingerprint density at radius 3 is 2.78 bits per heavy atom. The second-order valence-corrected chi connectivity index (χ2v) is 7.07. The summed E-state index contributed by atoms with van der Waals surface area (Å²) < 4.78 is 11.0. The van der Waals surface area contributed by atoms with E-state index in [2.05, 4.69) is 35.8 Å². The van der Waals surface area contributed by atoms with Crippen molar-refractivity contribution in [3.05, 3.63) is 53.0 Å². The molecule has 0 aliphatic carbocycles. The first-order valence-corrected chi connectivity index (χ1v) is 9.79. The van der Waals surface area contributed by atoms with Gasteiger partial charge in [0, 0.05) is 0 Å². The molecular weight excluding hydrogens is 440 g/mol. The molecule has 4 aromatic rings. The summed E-state index contributed by atoms with van der Waals surface area (Å²) in [6.07, 6.45) is 1.41. The van der Waals surface area contributed by atoms with Gasteiger partial charge in [0.1, 0.15) is 17.5 Å². The van der Waals surface area contributed by atoms with E-state index < -0.39 is 18.5 Å². The fraction of sp³-hybridized carbons (Fsp3) is 0.0556. The van der Waals surface area contributed by atoms with E-state index in [1.165, 1.54) is 22.2 Å². The Hall–Kier alpha value is -4.59. The van der Waals surface area contributed by atoms with Gasteiger partial charge < -0.3 is 20.4 Å². The van der Waals surface area contributed by atoms with Crippen molar-refractivity contribution < 1.29 is 28.7 Å². The number of hydrogen-bond acceptors (Lipinski definition) is 11. The lowest BCUT2D eigenvalue weighted by atomic mass is 10.2. The zero-order valence-corrected chi connectivity index (χ0v) is 16.9. The Balaban J connectivity index is 1.51. The quantitative estimate of drug-likeness (QED) is 0.175. The van der Waals surface area contributed by atoms with Crippen LogP contribution >= 0.6 is 11.3 Å². The Labute approximate surface area is 183 Å². The van der Waals surface area contributed by atoms with Crippen molar-refractivity contribution in [1.29, 1.82) is 0 Å². The highest BCUT2D eigenvalue weighted by Crippen LogP contribution is 2.25. The van der Waals surface area contributed by atoms with Gasteiger partial charge in [-0.2, -0.15) is 9.73 Å². The topological polar surface area (TPSA) is 188 Å².